The van der Waals surface area contributed by atoms with E-state index in [0.29, 0.717) is 10.6 Å². The Morgan fingerprint density at radius 2 is 1.63 bits per heavy atom. The lowest BCUT2D eigenvalue weighted by Crippen LogP contribution is -2.06. The van der Waals surface area contributed by atoms with Crippen molar-refractivity contribution in [1.29, 1.82) is 4.78 Å². The normalized spacial score (nSPS) is 13.9. The molecule has 0 saturated heterocycles. The SMILES string of the molecule is N=S(=O)(CCCc1ccccc1)c1ccc(Br)cc1. The van der Waals surface area contributed by atoms with Gasteiger partial charge in [0.05, 0.1) is 9.73 Å². The molecule has 1 unspecified atom stereocenters. The highest BCUT2D eigenvalue weighted by Crippen LogP contribution is 2.17. The molecule has 2 nitrogen and oxygen atoms in total. The van der Waals surface area contributed by atoms with Crippen LogP contribution in [0.1, 0.15) is 12.0 Å². The second-order valence-corrected chi connectivity index (χ2v) is 7.57. The lowest BCUT2D eigenvalue weighted by molar-refractivity contribution is 0.671. The van der Waals surface area contributed by atoms with Crippen LogP contribution in [0.3, 0.4) is 0 Å². The van der Waals surface area contributed by atoms with Crippen LogP contribution in [0, 0.1) is 4.78 Å². The first kappa shape index (κ1) is 14.3. The highest BCUT2D eigenvalue weighted by molar-refractivity contribution is 9.10. The molecule has 0 spiro atoms. The van der Waals surface area contributed by atoms with E-state index in [2.05, 4.69) is 28.1 Å². The number of aryl methyl sites for hydroxylation is 1. The molecule has 0 aliphatic carbocycles. The molecule has 2 aromatic carbocycles. The molecule has 100 valence electrons. The van der Waals surface area contributed by atoms with Gasteiger partial charge in [-0.2, -0.15) is 0 Å². The summed E-state index contributed by atoms with van der Waals surface area (Å²) in [4.78, 5) is 0.615. The molecule has 0 heterocycles. The summed E-state index contributed by atoms with van der Waals surface area (Å²) in [6.45, 7) is 0. The van der Waals surface area contributed by atoms with Gasteiger partial charge in [-0.15, -0.1) is 0 Å². The fraction of sp³-hybridized carbons (Fsp3) is 0.200. The number of hydrogen-bond acceptors (Lipinski definition) is 2. The largest absolute Gasteiger partial charge is 0.249 e. The van der Waals surface area contributed by atoms with Gasteiger partial charge in [-0.25, -0.2) is 8.99 Å². The third kappa shape index (κ3) is 4.18. The smallest absolute Gasteiger partial charge is 0.0726 e. The van der Waals surface area contributed by atoms with Crippen molar-refractivity contribution in [1.82, 2.24) is 0 Å². The Morgan fingerprint density at radius 1 is 1.00 bits per heavy atom. The van der Waals surface area contributed by atoms with Crippen LogP contribution in [0.25, 0.3) is 0 Å². The fourth-order valence-corrected chi connectivity index (χ4v) is 3.52. The van der Waals surface area contributed by atoms with Crippen LogP contribution in [0.4, 0.5) is 0 Å². The lowest BCUT2D eigenvalue weighted by atomic mass is 10.1. The Kier molecular flexibility index (Phi) is 4.77. The Balaban J connectivity index is 1.97. The highest BCUT2D eigenvalue weighted by atomic mass is 79.9. The van der Waals surface area contributed by atoms with Crippen molar-refractivity contribution >= 4 is 25.7 Å². The van der Waals surface area contributed by atoms with Crippen molar-refractivity contribution in [2.45, 2.75) is 17.7 Å². The molecule has 0 aliphatic heterocycles. The molecule has 1 N–H and O–H groups in total. The molecule has 0 aliphatic rings. The van der Waals surface area contributed by atoms with Gasteiger partial charge >= 0.3 is 0 Å². The fourth-order valence-electron chi connectivity index (χ4n) is 1.90. The predicted octanol–water partition coefficient (Wildman–Crippen LogP) is 4.49. The molecule has 0 aromatic heterocycles. The van der Waals surface area contributed by atoms with Crippen molar-refractivity contribution in [3.63, 3.8) is 0 Å². The summed E-state index contributed by atoms with van der Waals surface area (Å²) in [5, 5.41) is 0. The second kappa shape index (κ2) is 6.35. The van der Waals surface area contributed by atoms with Crippen molar-refractivity contribution in [2.75, 3.05) is 5.75 Å². The van der Waals surface area contributed by atoms with E-state index < -0.39 is 9.73 Å². The first-order chi connectivity index (χ1) is 9.08. The van der Waals surface area contributed by atoms with Gasteiger partial charge in [-0.3, -0.25) is 0 Å². The number of hydrogen-bond donors (Lipinski definition) is 1. The number of halogens is 1. The summed E-state index contributed by atoms with van der Waals surface area (Å²) in [6, 6.07) is 17.3. The molecule has 4 heteroatoms. The molecule has 0 radical (unpaired) electrons. The van der Waals surface area contributed by atoms with Gasteiger partial charge in [-0.1, -0.05) is 46.3 Å². The zero-order valence-electron chi connectivity index (χ0n) is 10.5. The molecule has 2 aromatic rings. The number of benzene rings is 2. The summed E-state index contributed by atoms with van der Waals surface area (Å²) >= 11 is 3.34. The standard InChI is InChI=1S/C15H16BrNOS/c16-14-8-10-15(11-9-14)19(17,18)12-4-7-13-5-2-1-3-6-13/h1-3,5-6,8-11,17H,4,7,12H2. The zero-order valence-corrected chi connectivity index (χ0v) is 12.9. The third-order valence-corrected chi connectivity index (χ3v) is 5.36. The Morgan fingerprint density at radius 3 is 2.26 bits per heavy atom. The quantitative estimate of drug-likeness (QED) is 0.857. The number of nitrogens with one attached hydrogen (secondary N) is 1. The topological polar surface area (TPSA) is 40.9 Å². The molecule has 0 saturated carbocycles. The van der Waals surface area contributed by atoms with Crippen LogP contribution in [0.15, 0.2) is 64.0 Å². The second-order valence-electron chi connectivity index (χ2n) is 4.42. The maximum absolute atomic E-state index is 12.3. The maximum atomic E-state index is 12.3. The summed E-state index contributed by atoms with van der Waals surface area (Å²) in [5.74, 6) is 0.406. The molecule has 19 heavy (non-hydrogen) atoms. The van der Waals surface area contributed by atoms with E-state index in [-0.39, 0.29) is 0 Å². The highest BCUT2D eigenvalue weighted by Gasteiger charge is 2.09. The molecular weight excluding hydrogens is 322 g/mol. The Hall–Kier alpha value is -1.13. The first-order valence-corrected chi connectivity index (χ1v) is 8.66. The van der Waals surface area contributed by atoms with Gasteiger partial charge in [0.1, 0.15) is 0 Å². The average Bonchev–Trinajstić information content (AvgIpc) is 2.40. The van der Waals surface area contributed by atoms with E-state index in [1.54, 1.807) is 12.1 Å². The van der Waals surface area contributed by atoms with Gasteiger partial charge in [-0.05, 0) is 42.7 Å². The molecule has 0 bridgehead atoms. The van der Waals surface area contributed by atoms with Crippen LogP contribution < -0.4 is 0 Å². The van der Waals surface area contributed by atoms with E-state index in [1.165, 1.54) is 5.56 Å². The number of rotatable bonds is 5. The first-order valence-electron chi connectivity index (χ1n) is 6.14. The van der Waals surface area contributed by atoms with Gasteiger partial charge in [0.15, 0.2) is 0 Å². The summed E-state index contributed by atoms with van der Waals surface area (Å²) in [7, 11) is -2.67. The molecular formula is C15H16BrNOS. The molecule has 2 rings (SSSR count). The van der Waals surface area contributed by atoms with Crippen LogP contribution >= 0.6 is 15.9 Å². The monoisotopic (exact) mass is 337 g/mol. The molecule has 0 fully saturated rings. The van der Waals surface area contributed by atoms with E-state index in [1.807, 2.05) is 30.3 Å². The molecule has 0 amide bonds. The van der Waals surface area contributed by atoms with Crippen molar-refractivity contribution in [2.24, 2.45) is 0 Å². The minimum atomic E-state index is -2.67. The minimum Gasteiger partial charge on any atom is -0.249 e. The van der Waals surface area contributed by atoms with Crippen LogP contribution in [0.2, 0.25) is 0 Å². The lowest BCUT2D eigenvalue weighted by Gasteiger charge is -2.08. The van der Waals surface area contributed by atoms with Crippen molar-refractivity contribution in [3.05, 3.63) is 64.6 Å². The third-order valence-electron chi connectivity index (χ3n) is 2.93. The predicted molar refractivity (Wildman–Crippen MR) is 82.9 cm³/mol. The average molecular weight is 338 g/mol. The summed E-state index contributed by atoms with van der Waals surface area (Å²) in [6.07, 6.45) is 1.63. The zero-order chi connectivity index (χ0) is 13.7. The minimum absolute atomic E-state index is 0.406. The Labute approximate surface area is 123 Å². The van der Waals surface area contributed by atoms with E-state index >= 15 is 0 Å². The van der Waals surface area contributed by atoms with Gasteiger partial charge in [0, 0.05) is 15.1 Å². The maximum Gasteiger partial charge on any atom is 0.0726 e. The van der Waals surface area contributed by atoms with Crippen LogP contribution in [-0.4, -0.2) is 9.96 Å². The van der Waals surface area contributed by atoms with Gasteiger partial charge < -0.3 is 0 Å². The summed E-state index contributed by atoms with van der Waals surface area (Å²) in [5.41, 5.74) is 1.23. The van der Waals surface area contributed by atoms with Gasteiger partial charge in [0.25, 0.3) is 0 Å². The van der Waals surface area contributed by atoms with Crippen molar-refractivity contribution < 1.29 is 4.21 Å². The Bertz CT molecular complexity index is 621. The van der Waals surface area contributed by atoms with Gasteiger partial charge in [0.2, 0.25) is 0 Å². The van der Waals surface area contributed by atoms with E-state index in [0.717, 1.165) is 17.3 Å². The van der Waals surface area contributed by atoms with Crippen LogP contribution in [0.5, 0.6) is 0 Å². The van der Waals surface area contributed by atoms with Crippen LogP contribution in [-0.2, 0) is 16.1 Å². The van der Waals surface area contributed by atoms with Crippen molar-refractivity contribution in [3.8, 4) is 0 Å². The summed E-state index contributed by atoms with van der Waals surface area (Å²) < 4.78 is 21.3. The molecule has 1 atom stereocenters. The van der Waals surface area contributed by atoms with E-state index in [4.69, 9.17) is 4.78 Å². The van der Waals surface area contributed by atoms with E-state index in [9.17, 15) is 4.21 Å².